The molecule has 0 saturated carbocycles. The van der Waals surface area contributed by atoms with Crippen molar-refractivity contribution in [3.63, 3.8) is 0 Å². The number of carbonyl (C=O) groups excluding carboxylic acids is 2. The van der Waals surface area contributed by atoms with Gasteiger partial charge in [-0.05, 0) is 23.8 Å². The topological polar surface area (TPSA) is 139 Å². The Morgan fingerprint density at radius 2 is 1.77 bits per heavy atom. The standard InChI is InChI=1S/C23H18F3N7O2/c24-23(25,26)16-4-2-1-3-14(16)11-18(34)30-15-7-5-13(6-8-15)20-19(21(27)35)22(33-32-20)31-17-12-28-9-10-29-17/h1-10,12H,11H2,(H2,27,35)(H,30,34)(H2,29,31,32,33). The molecule has 35 heavy (non-hydrogen) atoms. The van der Waals surface area contributed by atoms with Crippen LogP contribution >= 0.6 is 0 Å². The molecule has 0 aliphatic rings. The second kappa shape index (κ2) is 9.63. The van der Waals surface area contributed by atoms with E-state index in [1.165, 1.54) is 48.9 Å². The highest BCUT2D eigenvalue weighted by Gasteiger charge is 2.33. The average molecular weight is 481 g/mol. The first kappa shape index (κ1) is 23.4. The van der Waals surface area contributed by atoms with E-state index >= 15 is 0 Å². The van der Waals surface area contributed by atoms with Gasteiger partial charge in [-0.25, -0.2) is 4.98 Å². The van der Waals surface area contributed by atoms with E-state index in [-0.39, 0.29) is 22.6 Å². The summed E-state index contributed by atoms with van der Waals surface area (Å²) in [7, 11) is 0. The van der Waals surface area contributed by atoms with E-state index in [0.29, 0.717) is 17.1 Å². The van der Waals surface area contributed by atoms with Crippen molar-refractivity contribution < 1.29 is 22.8 Å². The van der Waals surface area contributed by atoms with Crippen molar-refractivity contribution >= 4 is 29.1 Å². The van der Waals surface area contributed by atoms with Gasteiger partial charge in [-0.1, -0.05) is 30.3 Å². The number of hydrogen-bond acceptors (Lipinski definition) is 6. The summed E-state index contributed by atoms with van der Waals surface area (Å²) in [6.07, 6.45) is -0.580. The minimum absolute atomic E-state index is 0.0937. The molecule has 5 N–H and O–H groups in total. The number of nitrogens with two attached hydrogens (primary N) is 1. The first-order chi connectivity index (χ1) is 16.7. The predicted molar refractivity (Wildman–Crippen MR) is 122 cm³/mol. The number of aromatic nitrogens is 4. The van der Waals surface area contributed by atoms with Gasteiger partial charge in [0.05, 0.1) is 18.2 Å². The molecule has 178 valence electrons. The van der Waals surface area contributed by atoms with E-state index in [1.807, 2.05) is 0 Å². The third kappa shape index (κ3) is 5.43. The van der Waals surface area contributed by atoms with Crippen molar-refractivity contribution in [3.05, 3.63) is 83.8 Å². The van der Waals surface area contributed by atoms with Gasteiger partial charge in [0, 0.05) is 23.6 Å². The molecule has 2 aromatic heterocycles. The van der Waals surface area contributed by atoms with Gasteiger partial charge in [-0.2, -0.15) is 18.3 Å². The number of nitrogens with one attached hydrogen (secondary N) is 3. The molecular formula is C23H18F3N7O2. The second-order valence-electron chi connectivity index (χ2n) is 7.36. The molecule has 12 heteroatoms. The number of hydrogen-bond donors (Lipinski definition) is 4. The molecule has 2 heterocycles. The number of rotatable bonds is 7. The van der Waals surface area contributed by atoms with Gasteiger partial charge in [-0.15, -0.1) is 0 Å². The third-order valence-electron chi connectivity index (χ3n) is 4.94. The zero-order valence-electron chi connectivity index (χ0n) is 17.9. The number of amides is 2. The molecule has 0 saturated heterocycles. The number of H-pyrrole nitrogens is 1. The maximum Gasteiger partial charge on any atom is 0.416 e. The molecule has 9 nitrogen and oxygen atoms in total. The number of anilines is 3. The van der Waals surface area contributed by atoms with Crippen molar-refractivity contribution in [2.24, 2.45) is 5.73 Å². The summed E-state index contributed by atoms with van der Waals surface area (Å²) in [6, 6.07) is 11.2. The Hall–Kier alpha value is -4.74. The highest BCUT2D eigenvalue weighted by Crippen LogP contribution is 2.32. The number of carbonyl (C=O) groups is 2. The van der Waals surface area contributed by atoms with E-state index in [2.05, 4.69) is 30.8 Å². The van der Waals surface area contributed by atoms with Crippen molar-refractivity contribution in [2.75, 3.05) is 10.6 Å². The molecular weight excluding hydrogens is 463 g/mol. The monoisotopic (exact) mass is 481 g/mol. The van der Waals surface area contributed by atoms with E-state index in [9.17, 15) is 22.8 Å². The molecule has 0 atom stereocenters. The van der Waals surface area contributed by atoms with Crippen LogP contribution in [0.25, 0.3) is 11.3 Å². The Morgan fingerprint density at radius 3 is 2.43 bits per heavy atom. The Labute approximate surface area is 196 Å². The number of primary amides is 1. The maximum absolute atomic E-state index is 13.2. The SMILES string of the molecule is NC(=O)c1c(-c2ccc(NC(=O)Cc3ccccc3C(F)(F)F)cc2)n[nH]c1Nc1cnccn1. The quantitative estimate of drug-likeness (QED) is 0.316. The highest BCUT2D eigenvalue weighted by molar-refractivity contribution is 6.04. The lowest BCUT2D eigenvalue weighted by molar-refractivity contribution is -0.138. The van der Waals surface area contributed by atoms with Crippen LogP contribution in [-0.2, 0) is 17.4 Å². The van der Waals surface area contributed by atoms with Gasteiger partial charge in [-0.3, -0.25) is 19.7 Å². The fourth-order valence-corrected chi connectivity index (χ4v) is 3.41. The molecule has 2 aromatic carbocycles. The van der Waals surface area contributed by atoms with E-state index in [4.69, 9.17) is 5.73 Å². The van der Waals surface area contributed by atoms with Gasteiger partial charge in [0.1, 0.15) is 22.9 Å². The summed E-state index contributed by atoms with van der Waals surface area (Å²) < 4.78 is 39.5. The third-order valence-corrected chi connectivity index (χ3v) is 4.94. The number of benzene rings is 2. The minimum Gasteiger partial charge on any atom is -0.365 e. The second-order valence-corrected chi connectivity index (χ2v) is 7.36. The zero-order valence-corrected chi connectivity index (χ0v) is 17.9. The molecule has 0 fully saturated rings. The Kier molecular flexibility index (Phi) is 6.44. The normalized spacial score (nSPS) is 11.2. The lowest BCUT2D eigenvalue weighted by Gasteiger charge is -2.12. The van der Waals surface area contributed by atoms with Gasteiger partial charge in [0.2, 0.25) is 5.91 Å². The van der Waals surface area contributed by atoms with Crippen LogP contribution in [-0.4, -0.2) is 32.0 Å². The maximum atomic E-state index is 13.2. The number of aromatic amines is 1. The van der Waals surface area contributed by atoms with Gasteiger partial charge < -0.3 is 16.4 Å². The van der Waals surface area contributed by atoms with Crippen LogP contribution in [0.1, 0.15) is 21.5 Å². The van der Waals surface area contributed by atoms with Crippen molar-refractivity contribution in [1.29, 1.82) is 0 Å². The predicted octanol–water partition coefficient (Wildman–Crippen LogP) is 3.91. The van der Waals surface area contributed by atoms with Gasteiger partial charge >= 0.3 is 6.18 Å². The van der Waals surface area contributed by atoms with Gasteiger partial charge in [0.25, 0.3) is 5.91 Å². The number of alkyl halides is 3. The summed E-state index contributed by atoms with van der Waals surface area (Å²) in [5.74, 6) is -0.743. The number of halogens is 3. The lowest BCUT2D eigenvalue weighted by Crippen LogP contribution is -2.17. The fourth-order valence-electron chi connectivity index (χ4n) is 3.41. The molecule has 0 radical (unpaired) electrons. The minimum atomic E-state index is -4.55. The Bertz CT molecular complexity index is 1350. The van der Waals surface area contributed by atoms with E-state index < -0.39 is 30.0 Å². The lowest BCUT2D eigenvalue weighted by atomic mass is 10.0. The Morgan fingerprint density at radius 1 is 1.03 bits per heavy atom. The smallest absolute Gasteiger partial charge is 0.365 e. The molecule has 0 spiro atoms. The largest absolute Gasteiger partial charge is 0.416 e. The first-order valence-electron chi connectivity index (χ1n) is 10.2. The van der Waals surface area contributed by atoms with Crippen LogP contribution in [0.15, 0.2) is 67.1 Å². The van der Waals surface area contributed by atoms with Crippen LogP contribution in [0.5, 0.6) is 0 Å². The molecule has 0 unspecified atom stereocenters. The summed E-state index contributed by atoms with van der Waals surface area (Å²) in [6.45, 7) is 0. The van der Waals surface area contributed by atoms with Crippen molar-refractivity contribution in [1.82, 2.24) is 20.2 Å². The van der Waals surface area contributed by atoms with Crippen LogP contribution in [0, 0.1) is 0 Å². The molecule has 0 aliphatic heterocycles. The molecule has 0 aliphatic carbocycles. The first-order valence-corrected chi connectivity index (χ1v) is 10.2. The van der Waals surface area contributed by atoms with Crippen molar-refractivity contribution in [3.8, 4) is 11.3 Å². The summed E-state index contributed by atoms with van der Waals surface area (Å²) in [5.41, 5.74) is 5.81. The summed E-state index contributed by atoms with van der Waals surface area (Å²) in [5, 5.41) is 12.3. The van der Waals surface area contributed by atoms with Crippen LogP contribution in [0.2, 0.25) is 0 Å². The summed E-state index contributed by atoms with van der Waals surface area (Å²) >= 11 is 0. The highest BCUT2D eigenvalue weighted by atomic mass is 19.4. The molecule has 4 rings (SSSR count). The molecule has 0 bridgehead atoms. The molecule has 4 aromatic rings. The van der Waals surface area contributed by atoms with Crippen LogP contribution in [0.4, 0.5) is 30.5 Å². The molecule has 2 amide bonds. The van der Waals surface area contributed by atoms with Crippen molar-refractivity contribution in [2.45, 2.75) is 12.6 Å². The van der Waals surface area contributed by atoms with E-state index in [1.54, 1.807) is 12.1 Å². The van der Waals surface area contributed by atoms with Crippen LogP contribution in [0.3, 0.4) is 0 Å². The zero-order chi connectivity index (χ0) is 25.0. The van der Waals surface area contributed by atoms with Crippen LogP contribution < -0.4 is 16.4 Å². The number of nitrogens with zero attached hydrogens (tertiary/aromatic N) is 3. The van der Waals surface area contributed by atoms with E-state index in [0.717, 1.165) is 6.07 Å². The average Bonchev–Trinajstić information content (AvgIpc) is 3.23. The summed E-state index contributed by atoms with van der Waals surface area (Å²) in [4.78, 5) is 32.5. The fraction of sp³-hybridized carbons (Fsp3) is 0.0870. The van der Waals surface area contributed by atoms with Gasteiger partial charge in [0.15, 0.2) is 0 Å². The Balaban J connectivity index is 1.50.